The van der Waals surface area contributed by atoms with Crippen LogP contribution in [0.25, 0.3) is 0 Å². The van der Waals surface area contributed by atoms with E-state index in [9.17, 15) is 4.79 Å². The van der Waals surface area contributed by atoms with Gasteiger partial charge in [0, 0.05) is 0 Å². The van der Waals surface area contributed by atoms with Crippen molar-refractivity contribution in [1.82, 2.24) is 0 Å². The van der Waals surface area contributed by atoms with E-state index in [0.717, 1.165) is 12.8 Å². The molecule has 0 amide bonds. The lowest BCUT2D eigenvalue weighted by Gasteiger charge is -2.25. The normalized spacial score (nSPS) is 18.6. The van der Waals surface area contributed by atoms with Gasteiger partial charge in [0.15, 0.2) is 0 Å². The SMILES string of the molecule is CC(C)(C)COC(=O)C1CCC1. The summed E-state index contributed by atoms with van der Waals surface area (Å²) in [5.74, 6) is 0.225. The molecule has 2 heteroatoms. The maximum atomic E-state index is 11.2. The van der Waals surface area contributed by atoms with Gasteiger partial charge in [-0.1, -0.05) is 27.2 Å². The van der Waals surface area contributed by atoms with Crippen molar-refractivity contribution in [1.29, 1.82) is 0 Å². The zero-order valence-corrected chi connectivity index (χ0v) is 8.22. The van der Waals surface area contributed by atoms with Gasteiger partial charge in [-0.25, -0.2) is 0 Å². The number of carbonyl (C=O) groups excluding carboxylic acids is 1. The van der Waals surface area contributed by atoms with Crippen molar-refractivity contribution in [2.75, 3.05) is 6.61 Å². The van der Waals surface area contributed by atoms with Crippen molar-refractivity contribution in [2.45, 2.75) is 40.0 Å². The summed E-state index contributed by atoms with van der Waals surface area (Å²) in [6.07, 6.45) is 3.25. The Morgan fingerprint density at radius 1 is 1.42 bits per heavy atom. The van der Waals surface area contributed by atoms with E-state index in [1.54, 1.807) is 0 Å². The molecule has 12 heavy (non-hydrogen) atoms. The molecule has 70 valence electrons. The highest BCUT2D eigenvalue weighted by molar-refractivity contribution is 5.73. The molecule has 1 saturated carbocycles. The second-order valence-electron chi connectivity index (χ2n) is 4.80. The van der Waals surface area contributed by atoms with Gasteiger partial charge in [0.25, 0.3) is 0 Å². The van der Waals surface area contributed by atoms with Gasteiger partial charge in [-0.05, 0) is 18.3 Å². The molecule has 2 nitrogen and oxygen atoms in total. The number of rotatable bonds is 2. The summed E-state index contributed by atoms with van der Waals surface area (Å²) in [6.45, 7) is 6.76. The Kier molecular flexibility index (Phi) is 2.76. The summed E-state index contributed by atoms with van der Waals surface area (Å²) in [5.41, 5.74) is 0.0966. The van der Waals surface area contributed by atoms with Crippen LogP contribution in [0.2, 0.25) is 0 Å². The minimum atomic E-state index is 0.0103. The molecule has 0 spiro atoms. The number of hydrogen-bond acceptors (Lipinski definition) is 2. The number of carbonyl (C=O) groups is 1. The van der Waals surface area contributed by atoms with E-state index in [1.807, 2.05) is 0 Å². The first-order chi connectivity index (χ1) is 5.49. The molecule has 1 rings (SSSR count). The molecule has 0 N–H and O–H groups in total. The quantitative estimate of drug-likeness (QED) is 0.595. The standard InChI is InChI=1S/C10H18O2/c1-10(2,3)7-12-9(11)8-5-4-6-8/h8H,4-7H2,1-3H3. The molecule has 1 fully saturated rings. The van der Waals surface area contributed by atoms with Gasteiger partial charge in [0.1, 0.15) is 0 Å². The van der Waals surface area contributed by atoms with Gasteiger partial charge >= 0.3 is 5.97 Å². The lowest BCUT2D eigenvalue weighted by molar-refractivity contribution is -0.154. The van der Waals surface area contributed by atoms with Crippen molar-refractivity contribution in [3.8, 4) is 0 Å². The molecule has 0 heterocycles. The van der Waals surface area contributed by atoms with Gasteiger partial charge in [0.05, 0.1) is 12.5 Å². The van der Waals surface area contributed by atoms with Crippen LogP contribution in [-0.2, 0) is 9.53 Å². The zero-order chi connectivity index (χ0) is 9.19. The van der Waals surface area contributed by atoms with Crippen molar-refractivity contribution in [3.05, 3.63) is 0 Å². The second-order valence-corrected chi connectivity index (χ2v) is 4.80. The number of hydrogen-bond donors (Lipinski definition) is 0. The third kappa shape index (κ3) is 2.84. The van der Waals surface area contributed by atoms with Crippen LogP contribution in [0.1, 0.15) is 40.0 Å². The van der Waals surface area contributed by atoms with Crippen LogP contribution in [0.5, 0.6) is 0 Å². The molecule has 1 aliphatic rings. The van der Waals surface area contributed by atoms with Crippen LogP contribution in [0.4, 0.5) is 0 Å². The molecule has 0 atom stereocenters. The van der Waals surface area contributed by atoms with Crippen LogP contribution in [0.15, 0.2) is 0 Å². The van der Waals surface area contributed by atoms with Gasteiger partial charge < -0.3 is 4.74 Å². The fraction of sp³-hybridized carbons (Fsp3) is 0.900. The lowest BCUT2D eigenvalue weighted by atomic mass is 9.85. The first kappa shape index (κ1) is 9.56. The minimum absolute atomic E-state index is 0.0103. The molecule has 0 saturated heterocycles. The molecule has 0 bridgehead atoms. The predicted octanol–water partition coefficient (Wildman–Crippen LogP) is 2.38. The van der Waals surface area contributed by atoms with Crippen LogP contribution < -0.4 is 0 Å². The first-order valence-corrected chi connectivity index (χ1v) is 4.66. The average molecular weight is 170 g/mol. The Hall–Kier alpha value is -0.530. The van der Waals surface area contributed by atoms with Crippen LogP contribution in [0, 0.1) is 11.3 Å². The number of esters is 1. The summed E-state index contributed by atoms with van der Waals surface area (Å²) in [5, 5.41) is 0. The third-order valence-corrected chi connectivity index (χ3v) is 2.09. The van der Waals surface area contributed by atoms with E-state index in [1.165, 1.54) is 6.42 Å². The lowest BCUT2D eigenvalue weighted by Crippen LogP contribution is -2.27. The van der Waals surface area contributed by atoms with E-state index in [0.29, 0.717) is 6.61 Å². The summed E-state index contributed by atoms with van der Waals surface area (Å²) in [6, 6.07) is 0. The highest BCUT2D eigenvalue weighted by atomic mass is 16.5. The Balaban J connectivity index is 2.18. The molecule has 0 radical (unpaired) electrons. The maximum Gasteiger partial charge on any atom is 0.308 e. The Morgan fingerprint density at radius 2 is 2.00 bits per heavy atom. The van der Waals surface area contributed by atoms with Gasteiger partial charge in [-0.15, -0.1) is 0 Å². The highest BCUT2D eigenvalue weighted by Gasteiger charge is 2.27. The molecule has 0 aromatic rings. The fourth-order valence-electron chi connectivity index (χ4n) is 1.05. The van der Waals surface area contributed by atoms with E-state index < -0.39 is 0 Å². The van der Waals surface area contributed by atoms with Crippen LogP contribution in [-0.4, -0.2) is 12.6 Å². The molecule has 1 aliphatic carbocycles. The molecule has 0 aliphatic heterocycles. The highest BCUT2D eigenvalue weighted by Crippen LogP contribution is 2.28. The third-order valence-electron chi connectivity index (χ3n) is 2.09. The van der Waals surface area contributed by atoms with Crippen molar-refractivity contribution in [3.63, 3.8) is 0 Å². The Morgan fingerprint density at radius 3 is 2.33 bits per heavy atom. The van der Waals surface area contributed by atoms with E-state index in [-0.39, 0.29) is 17.3 Å². The molecule has 0 aromatic carbocycles. The van der Waals surface area contributed by atoms with Gasteiger partial charge in [-0.3, -0.25) is 4.79 Å². The largest absolute Gasteiger partial charge is 0.465 e. The first-order valence-electron chi connectivity index (χ1n) is 4.66. The monoisotopic (exact) mass is 170 g/mol. The summed E-state index contributed by atoms with van der Waals surface area (Å²) in [4.78, 5) is 11.2. The molecule has 0 unspecified atom stereocenters. The smallest absolute Gasteiger partial charge is 0.308 e. The maximum absolute atomic E-state index is 11.2. The zero-order valence-electron chi connectivity index (χ0n) is 8.22. The van der Waals surface area contributed by atoms with E-state index in [4.69, 9.17) is 4.74 Å². The average Bonchev–Trinajstić information content (AvgIpc) is 1.78. The van der Waals surface area contributed by atoms with Crippen molar-refractivity contribution in [2.24, 2.45) is 11.3 Å². The predicted molar refractivity (Wildman–Crippen MR) is 47.8 cm³/mol. The van der Waals surface area contributed by atoms with E-state index >= 15 is 0 Å². The van der Waals surface area contributed by atoms with Gasteiger partial charge in [0.2, 0.25) is 0 Å². The van der Waals surface area contributed by atoms with Crippen LogP contribution >= 0.6 is 0 Å². The molecular formula is C10H18O2. The Labute approximate surface area is 74.3 Å². The Bertz CT molecular complexity index is 163. The summed E-state index contributed by atoms with van der Waals surface area (Å²) >= 11 is 0. The second kappa shape index (κ2) is 3.46. The topological polar surface area (TPSA) is 26.3 Å². The van der Waals surface area contributed by atoms with Crippen molar-refractivity contribution >= 4 is 5.97 Å². The van der Waals surface area contributed by atoms with E-state index in [2.05, 4.69) is 20.8 Å². The molecular weight excluding hydrogens is 152 g/mol. The van der Waals surface area contributed by atoms with Crippen LogP contribution in [0.3, 0.4) is 0 Å². The van der Waals surface area contributed by atoms with Gasteiger partial charge in [-0.2, -0.15) is 0 Å². The summed E-state index contributed by atoms with van der Waals surface area (Å²) < 4.78 is 5.17. The fourth-order valence-corrected chi connectivity index (χ4v) is 1.05. The molecule has 0 aromatic heterocycles. The minimum Gasteiger partial charge on any atom is -0.465 e. The van der Waals surface area contributed by atoms with Crippen molar-refractivity contribution < 1.29 is 9.53 Å². The number of ether oxygens (including phenoxy) is 1. The summed E-state index contributed by atoms with van der Waals surface area (Å²) in [7, 11) is 0.